The fraction of sp³-hybridized carbons (Fsp3) is 0.260. The third kappa shape index (κ3) is 8.14. The van der Waals surface area contributed by atoms with Gasteiger partial charge in [0.05, 0.1) is 30.0 Å². The fourth-order valence-electron chi connectivity index (χ4n) is 8.85. The van der Waals surface area contributed by atoms with Crippen molar-refractivity contribution in [1.29, 1.82) is 0 Å². The number of amides is 3. The molecule has 61 heavy (non-hydrogen) atoms. The third-order valence-electron chi connectivity index (χ3n) is 12.3. The van der Waals surface area contributed by atoms with Gasteiger partial charge in [0.15, 0.2) is 0 Å². The van der Waals surface area contributed by atoms with Crippen LogP contribution in [0.25, 0.3) is 5.69 Å². The molecule has 5 aromatic carbocycles. The Morgan fingerprint density at radius 2 is 1.41 bits per heavy atom. The normalized spacial score (nSPS) is 16.4. The van der Waals surface area contributed by atoms with Crippen molar-refractivity contribution in [2.24, 2.45) is 0 Å². The lowest BCUT2D eigenvalue weighted by Crippen LogP contribution is -2.52. The third-order valence-corrected chi connectivity index (χ3v) is 12.3. The number of hydrogen-bond acceptors (Lipinski definition) is 7. The number of anilines is 2. The molecular weight excluding hydrogens is 767 g/mol. The zero-order chi connectivity index (χ0) is 42.0. The summed E-state index contributed by atoms with van der Waals surface area (Å²) in [6.07, 6.45) is 2.70. The maximum absolute atomic E-state index is 15.5. The molecule has 1 N–H and O–H groups in total. The molecule has 310 valence electrons. The fourth-order valence-corrected chi connectivity index (χ4v) is 8.85. The number of carbonyl (C=O) groups excluding carboxylic acids is 3. The second kappa shape index (κ2) is 17.1. The highest BCUT2D eigenvalue weighted by atomic mass is 16.6. The number of fused-ring (bicyclic) bond motifs is 2. The Bertz CT molecular complexity index is 2570. The minimum Gasteiger partial charge on any atom is -0.508 e. The van der Waals surface area contributed by atoms with Crippen molar-refractivity contribution in [3.63, 3.8) is 0 Å². The number of phenolic OH excluding ortho intramolecular Hbond substituents is 1. The Balaban J connectivity index is 1.13. The molecule has 1 fully saturated rings. The highest BCUT2D eigenvalue weighted by Crippen LogP contribution is 2.35. The lowest BCUT2D eigenvalue weighted by Gasteiger charge is -2.41. The summed E-state index contributed by atoms with van der Waals surface area (Å²) in [5.74, 6) is 0.227. The summed E-state index contributed by atoms with van der Waals surface area (Å²) in [7, 11) is 0. The first-order valence-corrected chi connectivity index (χ1v) is 20.9. The van der Waals surface area contributed by atoms with Crippen LogP contribution in [0.5, 0.6) is 11.5 Å². The van der Waals surface area contributed by atoms with Gasteiger partial charge in [-0.3, -0.25) is 19.4 Å². The van der Waals surface area contributed by atoms with E-state index in [1.807, 2.05) is 90.2 Å². The van der Waals surface area contributed by atoms with Gasteiger partial charge in [-0.15, -0.1) is 0 Å². The number of hydrogen-bond donors (Lipinski definition) is 1. The number of carbonyl (C=O) groups is 3. The lowest BCUT2D eigenvalue weighted by atomic mass is 9.91. The van der Waals surface area contributed by atoms with E-state index in [4.69, 9.17) is 9.47 Å². The summed E-state index contributed by atoms with van der Waals surface area (Å²) in [6.45, 7) is 8.77. The van der Waals surface area contributed by atoms with Crippen molar-refractivity contribution in [1.82, 2.24) is 19.3 Å². The summed E-state index contributed by atoms with van der Waals surface area (Å²) < 4.78 is 13.4. The van der Waals surface area contributed by atoms with Crippen molar-refractivity contribution in [2.45, 2.75) is 45.8 Å². The van der Waals surface area contributed by atoms with E-state index in [1.165, 1.54) is 5.56 Å². The zero-order valence-electron chi connectivity index (χ0n) is 34.5. The first-order chi connectivity index (χ1) is 29.7. The van der Waals surface area contributed by atoms with Crippen LogP contribution in [0.15, 0.2) is 128 Å². The predicted molar refractivity (Wildman–Crippen MR) is 234 cm³/mol. The van der Waals surface area contributed by atoms with Crippen LogP contribution >= 0.6 is 0 Å². The van der Waals surface area contributed by atoms with Crippen LogP contribution in [0.4, 0.5) is 16.2 Å². The number of ether oxygens (including phenoxy) is 2. The van der Waals surface area contributed by atoms with Crippen LogP contribution < -0.4 is 9.64 Å². The maximum Gasteiger partial charge on any atom is 0.415 e. The minimum absolute atomic E-state index is 0.0869. The van der Waals surface area contributed by atoms with Gasteiger partial charge in [-0.25, -0.2) is 4.79 Å². The number of aromatic nitrogens is 1. The highest BCUT2D eigenvalue weighted by Gasteiger charge is 2.35. The van der Waals surface area contributed by atoms with Crippen molar-refractivity contribution in [3.8, 4) is 17.2 Å². The Kier molecular flexibility index (Phi) is 11.2. The molecule has 11 heteroatoms. The molecule has 3 amide bonds. The molecule has 0 spiro atoms. The molecule has 0 radical (unpaired) electrons. The molecular formula is C50H49N5O6. The Hall–Kier alpha value is -6.69. The van der Waals surface area contributed by atoms with Crippen molar-refractivity contribution < 1.29 is 29.0 Å². The first-order valence-electron chi connectivity index (χ1n) is 20.9. The van der Waals surface area contributed by atoms with Gasteiger partial charge in [-0.2, -0.15) is 0 Å². The summed E-state index contributed by atoms with van der Waals surface area (Å²) >= 11 is 0. The molecule has 1 aromatic heterocycles. The van der Waals surface area contributed by atoms with Gasteiger partial charge in [-0.1, -0.05) is 60.7 Å². The quantitative estimate of drug-likeness (QED) is 0.165. The van der Waals surface area contributed by atoms with E-state index in [0.29, 0.717) is 66.7 Å². The number of morpholine rings is 1. The predicted octanol–water partition coefficient (Wildman–Crippen LogP) is 8.23. The van der Waals surface area contributed by atoms with Gasteiger partial charge in [0.1, 0.15) is 11.5 Å². The highest BCUT2D eigenvalue weighted by molar-refractivity contribution is 6.12. The van der Waals surface area contributed by atoms with E-state index in [-0.39, 0.29) is 30.2 Å². The van der Waals surface area contributed by atoms with Crippen molar-refractivity contribution >= 4 is 29.3 Å². The molecule has 6 aromatic rings. The second-order valence-electron chi connectivity index (χ2n) is 16.1. The Morgan fingerprint density at radius 1 is 0.738 bits per heavy atom. The number of para-hydroxylation sites is 2. The van der Waals surface area contributed by atoms with Gasteiger partial charge in [0.2, 0.25) is 0 Å². The maximum atomic E-state index is 15.5. The molecule has 3 aliphatic rings. The first kappa shape index (κ1) is 39.8. The largest absolute Gasteiger partial charge is 0.508 e. The smallest absolute Gasteiger partial charge is 0.415 e. The van der Waals surface area contributed by atoms with E-state index in [2.05, 4.69) is 29.2 Å². The van der Waals surface area contributed by atoms with Gasteiger partial charge >= 0.3 is 6.09 Å². The number of rotatable bonds is 8. The van der Waals surface area contributed by atoms with Crippen LogP contribution in [-0.4, -0.2) is 87.7 Å². The van der Waals surface area contributed by atoms with Crippen LogP contribution in [0.2, 0.25) is 0 Å². The molecule has 4 heterocycles. The average molecular weight is 816 g/mol. The topological polar surface area (TPSA) is 108 Å². The SMILES string of the molecule is Cc1c(C(=O)N(c2ccccc2)c2ccc(O)cc2)cn(-c2cc3c(cc2C(=O)N2Cc4ccccc4C[C@H]2CN2CCOCC2)CN(C(=O)Oc2ccccc2)CC3)c1C. The summed E-state index contributed by atoms with van der Waals surface area (Å²) in [4.78, 5) is 51.6. The molecule has 9 rings (SSSR count). The Labute approximate surface area is 356 Å². The summed E-state index contributed by atoms with van der Waals surface area (Å²) in [5.41, 5.74) is 8.85. The second-order valence-corrected chi connectivity index (χ2v) is 16.1. The van der Waals surface area contributed by atoms with Crippen molar-refractivity contribution in [3.05, 3.63) is 172 Å². The van der Waals surface area contributed by atoms with Crippen LogP contribution in [-0.2, 0) is 30.7 Å². The molecule has 1 atom stereocenters. The number of nitrogens with zero attached hydrogens (tertiary/aromatic N) is 5. The zero-order valence-corrected chi connectivity index (χ0v) is 34.5. The Morgan fingerprint density at radius 3 is 2.15 bits per heavy atom. The van der Waals surface area contributed by atoms with E-state index in [1.54, 1.807) is 46.2 Å². The lowest BCUT2D eigenvalue weighted by molar-refractivity contribution is 0.0192. The standard InChI is InChI=1S/C50H49N5O6/c1-34-35(2)53(33-46(34)49(58)55(40-13-5-3-6-14-40)41-17-19-43(56)20-18-41)47-29-37-21-22-52(50(59)61-44-15-7-4-8-16-44)30-39(37)28-45(47)48(57)54-31-38-12-10-9-11-36(38)27-42(54)32-51-23-25-60-26-24-51/h3-20,28-29,33,42,56H,21-27,30-32H2,1-2H3/t42-/m0/s1. The molecule has 3 aliphatic heterocycles. The van der Waals surface area contributed by atoms with E-state index >= 15 is 4.79 Å². The van der Waals surface area contributed by atoms with Gasteiger partial charge in [0, 0.05) is 68.6 Å². The molecule has 0 saturated carbocycles. The van der Waals surface area contributed by atoms with E-state index in [9.17, 15) is 14.7 Å². The number of aromatic hydroxyl groups is 1. The number of benzene rings is 5. The van der Waals surface area contributed by atoms with Crippen molar-refractivity contribution in [2.75, 3.05) is 44.3 Å². The van der Waals surface area contributed by atoms with Crippen LogP contribution in [0.3, 0.4) is 0 Å². The number of phenols is 1. The van der Waals surface area contributed by atoms with E-state index in [0.717, 1.165) is 54.0 Å². The van der Waals surface area contributed by atoms with Gasteiger partial charge in [-0.05, 0) is 115 Å². The summed E-state index contributed by atoms with van der Waals surface area (Å²) in [6, 6.07) is 37.4. The molecule has 0 bridgehead atoms. The van der Waals surface area contributed by atoms with Crippen LogP contribution in [0.1, 0.15) is 54.2 Å². The average Bonchev–Trinajstić information content (AvgIpc) is 3.59. The van der Waals surface area contributed by atoms with E-state index < -0.39 is 6.09 Å². The summed E-state index contributed by atoms with van der Waals surface area (Å²) in [5, 5.41) is 10.1. The minimum atomic E-state index is -0.441. The van der Waals surface area contributed by atoms with Crippen LogP contribution in [0, 0.1) is 13.8 Å². The molecule has 1 saturated heterocycles. The van der Waals surface area contributed by atoms with Gasteiger partial charge in [0.25, 0.3) is 11.8 Å². The monoisotopic (exact) mass is 815 g/mol. The molecule has 0 aliphatic carbocycles. The van der Waals surface area contributed by atoms with Gasteiger partial charge < -0.3 is 28.9 Å². The molecule has 11 nitrogen and oxygen atoms in total. The molecule has 0 unspecified atom stereocenters.